The fraction of sp³-hybridized carbons (Fsp3) is 0.647. The van der Waals surface area contributed by atoms with Gasteiger partial charge in [0.05, 0.1) is 18.5 Å². The summed E-state index contributed by atoms with van der Waals surface area (Å²) in [6.45, 7) is 6.64. The zero-order valence-electron chi connectivity index (χ0n) is 14.1. The third kappa shape index (κ3) is 5.64. The number of carbonyl (C=O) groups excluding carboxylic acids is 1. The number of nitrogens with one attached hydrogen (secondary N) is 1. The number of anilines is 1. The summed E-state index contributed by atoms with van der Waals surface area (Å²) >= 11 is 0. The van der Waals surface area contributed by atoms with E-state index < -0.39 is 5.60 Å². The molecule has 5 nitrogen and oxygen atoms in total. The van der Waals surface area contributed by atoms with Crippen molar-refractivity contribution in [2.75, 3.05) is 19.0 Å². The number of hydrogen-bond donors (Lipinski definition) is 1. The second-order valence-corrected chi connectivity index (χ2v) is 5.58. The topological polar surface area (TPSA) is 60.5 Å². The standard InChI is InChI=1S/C17H28N2O3/c1-5-7-8-11-17(3,21-4)16(20)19-14-9-10-15(18-13-14)22-12-6-2/h9-10,13H,5-8,11-12H2,1-4H3,(H,19,20)/t17-/m1/s1. The molecule has 0 aliphatic rings. The highest BCUT2D eigenvalue weighted by Crippen LogP contribution is 2.21. The van der Waals surface area contributed by atoms with E-state index in [1.165, 1.54) is 0 Å². The van der Waals surface area contributed by atoms with Crippen LogP contribution in [0.4, 0.5) is 5.69 Å². The average molecular weight is 308 g/mol. The SMILES string of the molecule is CCCCC[C@@](C)(OC)C(=O)Nc1ccc(OCCC)nc1. The largest absolute Gasteiger partial charge is 0.478 e. The van der Waals surface area contributed by atoms with Gasteiger partial charge in [-0.25, -0.2) is 4.98 Å². The van der Waals surface area contributed by atoms with Crippen molar-refractivity contribution in [1.29, 1.82) is 0 Å². The van der Waals surface area contributed by atoms with Crippen molar-refractivity contribution in [2.45, 2.75) is 58.5 Å². The lowest BCUT2D eigenvalue weighted by atomic mass is 9.97. The Bertz CT molecular complexity index is 448. The number of hydrogen-bond acceptors (Lipinski definition) is 4. The molecular weight excluding hydrogens is 280 g/mol. The number of aromatic nitrogens is 1. The monoisotopic (exact) mass is 308 g/mol. The van der Waals surface area contributed by atoms with Crippen molar-refractivity contribution in [3.63, 3.8) is 0 Å². The molecule has 0 aliphatic heterocycles. The van der Waals surface area contributed by atoms with Gasteiger partial charge in [-0.1, -0.05) is 33.1 Å². The van der Waals surface area contributed by atoms with Gasteiger partial charge in [0.1, 0.15) is 5.60 Å². The average Bonchev–Trinajstić information content (AvgIpc) is 2.54. The summed E-state index contributed by atoms with van der Waals surface area (Å²) in [6, 6.07) is 3.55. The van der Waals surface area contributed by atoms with E-state index in [2.05, 4.69) is 17.2 Å². The van der Waals surface area contributed by atoms with Crippen molar-refractivity contribution in [2.24, 2.45) is 0 Å². The fourth-order valence-corrected chi connectivity index (χ4v) is 2.03. The maximum absolute atomic E-state index is 12.4. The third-order valence-corrected chi connectivity index (χ3v) is 3.64. The highest BCUT2D eigenvalue weighted by molar-refractivity contribution is 5.96. The predicted octanol–water partition coefficient (Wildman–Crippen LogP) is 3.79. The zero-order chi connectivity index (χ0) is 16.4. The molecule has 22 heavy (non-hydrogen) atoms. The van der Waals surface area contributed by atoms with Crippen molar-refractivity contribution >= 4 is 11.6 Å². The summed E-state index contributed by atoms with van der Waals surface area (Å²) in [5, 5.41) is 2.86. The molecule has 0 saturated heterocycles. The Hall–Kier alpha value is -1.62. The number of ether oxygens (including phenoxy) is 2. The summed E-state index contributed by atoms with van der Waals surface area (Å²) in [4.78, 5) is 16.6. The Morgan fingerprint density at radius 1 is 1.27 bits per heavy atom. The predicted molar refractivity (Wildman–Crippen MR) is 88.2 cm³/mol. The van der Waals surface area contributed by atoms with Crippen LogP contribution in [0.15, 0.2) is 18.3 Å². The molecule has 0 aliphatic carbocycles. The Labute approximate surface area is 133 Å². The van der Waals surface area contributed by atoms with Crippen molar-refractivity contribution in [3.05, 3.63) is 18.3 Å². The second kappa shape index (κ2) is 9.41. The number of nitrogens with zero attached hydrogens (tertiary/aromatic N) is 1. The zero-order valence-corrected chi connectivity index (χ0v) is 14.1. The first-order valence-electron chi connectivity index (χ1n) is 8.01. The van der Waals surface area contributed by atoms with Crippen LogP contribution in [0.2, 0.25) is 0 Å². The number of methoxy groups -OCH3 is 1. The molecule has 1 aromatic rings. The summed E-state index contributed by atoms with van der Waals surface area (Å²) in [5.41, 5.74) is -0.167. The third-order valence-electron chi connectivity index (χ3n) is 3.64. The quantitative estimate of drug-likeness (QED) is 0.668. The molecule has 5 heteroatoms. The number of amides is 1. The van der Waals surface area contributed by atoms with Gasteiger partial charge < -0.3 is 14.8 Å². The molecule has 0 saturated carbocycles. The first-order valence-corrected chi connectivity index (χ1v) is 8.01. The Morgan fingerprint density at radius 3 is 2.59 bits per heavy atom. The highest BCUT2D eigenvalue weighted by Gasteiger charge is 2.32. The molecule has 124 valence electrons. The number of rotatable bonds is 10. The van der Waals surface area contributed by atoms with E-state index in [9.17, 15) is 4.79 Å². The first kappa shape index (κ1) is 18.4. The molecule has 0 aromatic carbocycles. The van der Waals surface area contributed by atoms with Gasteiger partial charge >= 0.3 is 0 Å². The minimum atomic E-state index is -0.813. The molecule has 0 spiro atoms. The smallest absolute Gasteiger partial charge is 0.256 e. The van der Waals surface area contributed by atoms with Gasteiger partial charge in [-0.3, -0.25) is 4.79 Å². The lowest BCUT2D eigenvalue weighted by molar-refractivity contribution is -0.136. The van der Waals surface area contributed by atoms with E-state index in [-0.39, 0.29) is 5.91 Å². The molecule has 1 aromatic heterocycles. The summed E-state index contributed by atoms with van der Waals surface area (Å²) < 4.78 is 10.9. The number of pyridine rings is 1. The minimum absolute atomic E-state index is 0.143. The molecule has 1 N–H and O–H groups in total. The summed E-state index contributed by atoms with van der Waals surface area (Å²) in [7, 11) is 1.57. The van der Waals surface area contributed by atoms with Crippen molar-refractivity contribution < 1.29 is 14.3 Å². The normalized spacial score (nSPS) is 13.5. The van der Waals surface area contributed by atoms with Crippen molar-refractivity contribution in [3.8, 4) is 5.88 Å². The van der Waals surface area contributed by atoms with Crippen LogP contribution >= 0.6 is 0 Å². The first-order chi connectivity index (χ1) is 10.6. The Balaban J connectivity index is 2.61. The maximum Gasteiger partial charge on any atom is 0.256 e. The van der Waals surface area contributed by atoms with Gasteiger partial charge in [0.15, 0.2) is 0 Å². The molecule has 0 radical (unpaired) electrons. The van der Waals surface area contributed by atoms with Crippen LogP contribution in [0, 0.1) is 0 Å². The van der Waals surface area contributed by atoms with Crippen LogP contribution in [0.3, 0.4) is 0 Å². The molecule has 0 fully saturated rings. The number of unbranched alkanes of at least 4 members (excludes halogenated alkanes) is 2. The lowest BCUT2D eigenvalue weighted by Crippen LogP contribution is -2.42. The van der Waals surface area contributed by atoms with E-state index in [1.807, 2.05) is 13.8 Å². The van der Waals surface area contributed by atoms with Crippen LogP contribution in [-0.4, -0.2) is 30.2 Å². The number of carbonyl (C=O) groups is 1. The maximum atomic E-state index is 12.4. The van der Waals surface area contributed by atoms with Gasteiger partial charge in [0.25, 0.3) is 5.91 Å². The van der Waals surface area contributed by atoms with E-state index in [1.54, 1.807) is 25.4 Å². The lowest BCUT2D eigenvalue weighted by Gasteiger charge is -2.26. The van der Waals surface area contributed by atoms with E-state index >= 15 is 0 Å². The van der Waals surface area contributed by atoms with Crippen LogP contribution in [0.5, 0.6) is 5.88 Å². The van der Waals surface area contributed by atoms with E-state index in [0.717, 1.165) is 25.7 Å². The molecular formula is C17H28N2O3. The minimum Gasteiger partial charge on any atom is -0.478 e. The van der Waals surface area contributed by atoms with Gasteiger partial charge in [-0.2, -0.15) is 0 Å². The van der Waals surface area contributed by atoms with Crippen LogP contribution in [0.25, 0.3) is 0 Å². The Kier molecular flexibility index (Phi) is 7.88. The summed E-state index contributed by atoms with van der Waals surface area (Å²) in [6.07, 6.45) is 6.42. The van der Waals surface area contributed by atoms with Gasteiger partial charge in [-0.15, -0.1) is 0 Å². The van der Waals surface area contributed by atoms with E-state index in [0.29, 0.717) is 24.6 Å². The van der Waals surface area contributed by atoms with Gasteiger partial charge in [0, 0.05) is 13.2 Å². The molecule has 1 amide bonds. The molecule has 1 rings (SSSR count). The fourth-order valence-electron chi connectivity index (χ4n) is 2.03. The Morgan fingerprint density at radius 2 is 2.05 bits per heavy atom. The molecule has 1 atom stereocenters. The van der Waals surface area contributed by atoms with Gasteiger partial charge in [-0.05, 0) is 25.8 Å². The van der Waals surface area contributed by atoms with Crippen LogP contribution < -0.4 is 10.1 Å². The highest BCUT2D eigenvalue weighted by atomic mass is 16.5. The second-order valence-electron chi connectivity index (χ2n) is 5.58. The van der Waals surface area contributed by atoms with Crippen molar-refractivity contribution in [1.82, 2.24) is 4.98 Å². The van der Waals surface area contributed by atoms with E-state index in [4.69, 9.17) is 9.47 Å². The molecule has 0 bridgehead atoms. The molecule has 1 heterocycles. The summed E-state index contributed by atoms with van der Waals surface area (Å²) in [5.74, 6) is 0.424. The molecule has 0 unspecified atom stereocenters. The van der Waals surface area contributed by atoms with Crippen LogP contribution in [-0.2, 0) is 9.53 Å². The van der Waals surface area contributed by atoms with Crippen LogP contribution in [0.1, 0.15) is 52.9 Å². The van der Waals surface area contributed by atoms with Gasteiger partial charge in [0.2, 0.25) is 5.88 Å².